The van der Waals surface area contributed by atoms with Gasteiger partial charge in [-0.2, -0.15) is 0 Å². The van der Waals surface area contributed by atoms with Crippen molar-refractivity contribution < 1.29 is 14.4 Å². The Morgan fingerprint density at radius 1 is 0.828 bits per heavy atom. The summed E-state index contributed by atoms with van der Waals surface area (Å²) in [6.07, 6.45) is 1.87. The number of carbonyl (C=O) groups excluding carboxylic acids is 3. The van der Waals surface area contributed by atoms with Crippen molar-refractivity contribution in [3.63, 3.8) is 0 Å². The molecule has 0 aromatic heterocycles. The third-order valence-electron chi connectivity index (χ3n) is 5.27. The zero-order valence-electron chi connectivity index (χ0n) is 15.9. The van der Waals surface area contributed by atoms with E-state index in [-0.39, 0.29) is 23.6 Å². The minimum absolute atomic E-state index is 0.0175. The van der Waals surface area contributed by atoms with Crippen molar-refractivity contribution in [3.05, 3.63) is 64.7 Å². The number of carbonyl (C=O) groups is 3. The van der Waals surface area contributed by atoms with E-state index in [1.165, 1.54) is 0 Å². The van der Waals surface area contributed by atoms with E-state index in [1.807, 2.05) is 0 Å². The topological polar surface area (TPSA) is 69.7 Å². The van der Waals surface area contributed by atoms with Gasteiger partial charge in [-0.05, 0) is 55.3 Å². The van der Waals surface area contributed by atoms with Gasteiger partial charge in [0.1, 0.15) is 0 Å². The molecule has 0 radical (unpaired) electrons. The molecule has 0 atom stereocenters. The summed E-state index contributed by atoms with van der Waals surface area (Å²) in [5, 5.41) is 3.46. The molecule has 29 heavy (non-hydrogen) atoms. The Bertz CT molecular complexity index is 933. The maximum absolute atomic E-state index is 12.9. The number of halogens is 1. The standard InChI is InChI=1S/C22H22ClN3O3/c23-18-8-6-16(7-9-18)21(28)25-10-12-26(13-11-25)22(29)17-2-1-3-19(14-17)24-20(27)15-4-5-15/h1-3,6-9,14-15H,4-5,10-13H2,(H,24,27). The van der Waals surface area contributed by atoms with Crippen molar-refractivity contribution in [3.8, 4) is 0 Å². The Labute approximate surface area is 174 Å². The van der Waals surface area contributed by atoms with Crippen LogP contribution in [0.5, 0.6) is 0 Å². The molecule has 1 aliphatic carbocycles. The summed E-state index contributed by atoms with van der Waals surface area (Å²) in [6.45, 7) is 1.89. The molecule has 7 heteroatoms. The number of rotatable bonds is 4. The van der Waals surface area contributed by atoms with Crippen molar-refractivity contribution in [2.45, 2.75) is 12.8 Å². The Balaban J connectivity index is 1.35. The van der Waals surface area contributed by atoms with Gasteiger partial charge in [-0.3, -0.25) is 14.4 Å². The summed E-state index contributed by atoms with van der Waals surface area (Å²) in [5.74, 6) is -0.0193. The van der Waals surface area contributed by atoms with Crippen LogP contribution in [0, 0.1) is 5.92 Å². The number of nitrogens with one attached hydrogen (secondary N) is 1. The lowest BCUT2D eigenvalue weighted by atomic mass is 10.1. The van der Waals surface area contributed by atoms with Crippen LogP contribution < -0.4 is 5.32 Å². The van der Waals surface area contributed by atoms with E-state index in [4.69, 9.17) is 11.6 Å². The van der Waals surface area contributed by atoms with E-state index >= 15 is 0 Å². The second-order valence-corrected chi connectivity index (χ2v) is 7.87. The lowest BCUT2D eigenvalue weighted by Gasteiger charge is -2.35. The van der Waals surface area contributed by atoms with Crippen LogP contribution in [0.3, 0.4) is 0 Å². The molecule has 1 N–H and O–H groups in total. The van der Waals surface area contributed by atoms with Gasteiger partial charge < -0.3 is 15.1 Å². The Kier molecular flexibility index (Phi) is 5.53. The summed E-state index contributed by atoms with van der Waals surface area (Å²) in [6, 6.07) is 13.9. The van der Waals surface area contributed by atoms with Gasteiger partial charge in [-0.25, -0.2) is 0 Å². The van der Waals surface area contributed by atoms with Gasteiger partial charge >= 0.3 is 0 Å². The van der Waals surface area contributed by atoms with Crippen LogP contribution in [0.15, 0.2) is 48.5 Å². The van der Waals surface area contributed by atoms with E-state index in [0.29, 0.717) is 48.0 Å². The van der Waals surface area contributed by atoms with E-state index in [2.05, 4.69) is 5.32 Å². The highest BCUT2D eigenvalue weighted by molar-refractivity contribution is 6.30. The smallest absolute Gasteiger partial charge is 0.254 e. The van der Waals surface area contributed by atoms with E-state index < -0.39 is 0 Å². The van der Waals surface area contributed by atoms with Gasteiger partial charge in [0, 0.05) is 53.9 Å². The fourth-order valence-electron chi connectivity index (χ4n) is 3.39. The summed E-state index contributed by atoms with van der Waals surface area (Å²) in [5.41, 5.74) is 1.77. The monoisotopic (exact) mass is 411 g/mol. The average Bonchev–Trinajstić information content (AvgIpc) is 3.59. The highest BCUT2D eigenvalue weighted by Gasteiger charge is 2.30. The number of hydrogen-bond acceptors (Lipinski definition) is 3. The molecule has 0 spiro atoms. The fraction of sp³-hybridized carbons (Fsp3) is 0.318. The largest absolute Gasteiger partial charge is 0.335 e. The molecule has 1 aliphatic heterocycles. The van der Waals surface area contributed by atoms with Crippen LogP contribution in [0.1, 0.15) is 33.6 Å². The van der Waals surface area contributed by atoms with Crippen molar-refractivity contribution in [1.29, 1.82) is 0 Å². The predicted octanol–water partition coefficient (Wildman–Crippen LogP) is 3.29. The first-order chi connectivity index (χ1) is 14.0. The van der Waals surface area contributed by atoms with Gasteiger partial charge in [0.05, 0.1) is 0 Å². The first-order valence-electron chi connectivity index (χ1n) is 9.76. The van der Waals surface area contributed by atoms with Crippen LogP contribution in [-0.2, 0) is 4.79 Å². The second kappa shape index (κ2) is 8.25. The van der Waals surface area contributed by atoms with E-state index in [9.17, 15) is 14.4 Å². The molecule has 2 aromatic carbocycles. The van der Waals surface area contributed by atoms with Gasteiger partial charge in [0.15, 0.2) is 0 Å². The van der Waals surface area contributed by atoms with Crippen molar-refractivity contribution in [2.24, 2.45) is 5.92 Å². The molecule has 0 unspecified atom stereocenters. The third-order valence-corrected chi connectivity index (χ3v) is 5.52. The van der Waals surface area contributed by atoms with Crippen LogP contribution in [0.2, 0.25) is 5.02 Å². The molecule has 2 fully saturated rings. The van der Waals surface area contributed by atoms with Crippen LogP contribution in [0.25, 0.3) is 0 Å². The number of piperazine rings is 1. The molecule has 3 amide bonds. The molecular formula is C22H22ClN3O3. The normalized spacial score (nSPS) is 16.4. The maximum atomic E-state index is 12.9. The molecule has 150 valence electrons. The van der Waals surface area contributed by atoms with Crippen molar-refractivity contribution in [1.82, 2.24) is 9.80 Å². The van der Waals surface area contributed by atoms with Gasteiger partial charge in [0.25, 0.3) is 11.8 Å². The summed E-state index contributed by atoms with van der Waals surface area (Å²) < 4.78 is 0. The molecular weight excluding hydrogens is 390 g/mol. The maximum Gasteiger partial charge on any atom is 0.254 e. The summed E-state index contributed by atoms with van der Waals surface area (Å²) in [4.78, 5) is 40.9. The third kappa shape index (κ3) is 4.59. The molecule has 2 aliphatic rings. The molecule has 4 rings (SSSR count). The van der Waals surface area contributed by atoms with Crippen molar-refractivity contribution in [2.75, 3.05) is 31.5 Å². The molecule has 1 saturated heterocycles. The fourth-order valence-corrected chi connectivity index (χ4v) is 3.52. The number of amides is 3. The summed E-state index contributed by atoms with van der Waals surface area (Å²) >= 11 is 5.88. The van der Waals surface area contributed by atoms with Crippen LogP contribution in [-0.4, -0.2) is 53.7 Å². The van der Waals surface area contributed by atoms with E-state index in [1.54, 1.807) is 58.3 Å². The zero-order valence-corrected chi connectivity index (χ0v) is 16.7. The SMILES string of the molecule is O=C(Nc1cccc(C(=O)N2CCN(C(=O)c3ccc(Cl)cc3)CC2)c1)C1CC1. The summed E-state index contributed by atoms with van der Waals surface area (Å²) in [7, 11) is 0. The quantitative estimate of drug-likeness (QED) is 0.839. The van der Waals surface area contributed by atoms with Crippen LogP contribution in [0.4, 0.5) is 5.69 Å². The van der Waals surface area contributed by atoms with Gasteiger partial charge in [0.2, 0.25) is 5.91 Å². The second-order valence-electron chi connectivity index (χ2n) is 7.44. The molecule has 0 bridgehead atoms. The first kappa shape index (κ1) is 19.5. The molecule has 6 nitrogen and oxygen atoms in total. The molecule has 2 aromatic rings. The van der Waals surface area contributed by atoms with Gasteiger partial charge in [-0.15, -0.1) is 0 Å². The first-order valence-corrected chi connectivity index (χ1v) is 10.1. The van der Waals surface area contributed by atoms with Crippen LogP contribution >= 0.6 is 11.6 Å². The number of nitrogens with zero attached hydrogens (tertiary/aromatic N) is 2. The Morgan fingerprint density at radius 3 is 2.00 bits per heavy atom. The lowest BCUT2D eigenvalue weighted by Crippen LogP contribution is -2.50. The van der Waals surface area contributed by atoms with E-state index in [0.717, 1.165) is 12.8 Å². The Morgan fingerprint density at radius 2 is 1.41 bits per heavy atom. The average molecular weight is 412 g/mol. The Hall–Kier alpha value is -2.86. The molecule has 1 saturated carbocycles. The van der Waals surface area contributed by atoms with Gasteiger partial charge in [-0.1, -0.05) is 17.7 Å². The highest BCUT2D eigenvalue weighted by atomic mass is 35.5. The number of anilines is 1. The minimum Gasteiger partial charge on any atom is -0.335 e. The molecule has 1 heterocycles. The predicted molar refractivity (Wildman–Crippen MR) is 111 cm³/mol. The zero-order chi connectivity index (χ0) is 20.4. The minimum atomic E-state index is -0.0916. The lowest BCUT2D eigenvalue weighted by molar-refractivity contribution is -0.117. The number of hydrogen-bond donors (Lipinski definition) is 1. The number of benzene rings is 2. The van der Waals surface area contributed by atoms with Crippen molar-refractivity contribution >= 4 is 35.0 Å². The highest BCUT2D eigenvalue weighted by Crippen LogP contribution is 2.30.